The summed E-state index contributed by atoms with van der Waals surface area (Å²) in [6.07, 6.45) is 0. The van der Waals surface area contributed by atoms with Crippen LogP contribution in [-0.4, -0.2) is 0 Å². The zero-order valence-corrected chi connectivity index (χ0v) is 22.8. The molecule has 6 aromatic carbocycles. The molecule has 38 heavy (non-hydrogen) atoms. The van der Waals surface area contributed by atoms with Crippen LogP contribution in [0.2, 0.25) is 0 Å². The number of fused-ring (bicyclic) bond motifs is 9. The summed E-state index contributed by atoms with van der Waals surface area (Å²) in [6, 6.07) is 41.0. The van der Waals surface area contributed by atoms with Crippen molar-refractivity contribution in [3.8, 4) is 22.3 Å². The summed E-state index contributed by atoms with van der Waals surface area (Å²) in [6.45, 7) is 4.28. The Labute approximate surface area is 229 Å². The van der Waals surface area contributed by atoms with Crippen LogP contribution in [0.3, 0.4) is 0 Å². The van der Waals surface area contributed by atoms with Gasteiger partial charge >= 0.3 is 0 Å². The summed E-state index contributed by atoms with van der Waals surface area (Å²) in [5, 5.41) is 8.18. The van der Waals surface area contributed by atoms with Crippen molar-refractivity contribution in [1.82, 2.24) is 0 Å². The lowest BCUT2D eigenvalue weighted by molar-refractivity contribution is 1.47. The zero-order valence-electron chi connectivity index (χ0n) is 21.2. The zero-order chi connectivity index (χ0) is 25.4. The van der Waals surface area contributed by atoms with Crippen LogP contribution in [-0.2, 0) is 0 Å². The highest BCUT2D eigenvalue weighted by Gasteiger charge is 2.15. The lowest BCUT2D eigenvalue weighted by atomic mass is 9.97. The van der Waals surface area contributed by atoms with Gasteiger partial charge in [0.1, 0.15) is 0 Å². The summed E-state index contributed by atoms with van der Waals surface area (Å²) >= 11 is 3.81. The molecule has 0 aliphatic heterocycles. The average molecular weight is 521 g/mol. The van der Waals surface area contributed by atoms with E-state index in [1.807, 2.05) is 22.7 Å². The number of rotatable bonds is 2. The monoisotopic (exact) mass is 520 g/mol. The fourth-order valence-electron chi connectivity index (χ4n) is 5.81. The summed E-state index contributed by atoms with van der Waals surface area (Å²) in [5.74, 6) is 0. The summed E-state index contributed by atoms with van der Waals surface area (Å²) in [7, 11) is 0. The van der Waals surface area contributed by atoms with Crippen LogP contribution in [0.25, 0.3) is 73.4 Å². The van der Waals surface area contributed by atoms with Crippen molar-refractivity contribution in [2.24, 2.45) is 0 Å². The fraction of sp³-hybridized carbons (Fsp3) is 0.0556. The first-order valence-electron chi connectivity index (χ1n) is 13.0. The van der Waals surface area contributed by atoms with Gasteiger partial charge in [-0.2, -0.15) is 0 Å². The molecule has 0 unspecified atom stereocenters. The summed E-state index contributed by atoms with van der Waals surface area (Å²) in [5.41, 5.74) is 7.70. The molecule has 2 aromatic heterocycles. The van der Waals surface area contributed by atoms with Crippen molar-refractivity contribution >= 4 is 73.8 Å². The van der Waals surface area contributed by atoms with Gasteiger partial charge in [-0.1, -0.05) is 96.1 Å². The summed E-state index contributed by atoms with van der Waals surface area (Å²) in [4.78, 5) is 0. The smallest absolute Gasteiger partial charge is 0.0361 e. The van der Waals surface area contributed by atoms with Gasteiger partial charge in [0.2, 0.25) is 0 Å². The first-order valence-corrected chi connectivity index (χ1v) is 14.6. The van der Waals surface area contributed by atoms with Crippen molar-refractivity contribution in [2.45, 2.75) is 13.8 Å². The Kier molecular flexibility index (Phi) is 4.79. The van der Waals surface area contributed by atoms with E-state index in [-0.39, 0.29) is 0 Å². The molecule has 8 rings (SSSR count). The number of benzene rings is 6. The molecule has 0 radical (unpaired) electrons. The number of hydrogen-bond donors (Lipinski definition) is 0. The third-order valence-electron chi connectivity index (χ3n) is 7.84. The number of thiophene rings is 2. The highest BCUT2D eigenvalue weighted by molar-refractivity contribution is 7.26. The number of hydrogen-bond acceptors (Lipinski definition) is 2. The van der Waals surface area contributed by atoms with Gasteiger partial charge in [-0.15, -0.1) is 22.7 Å². The molecule has 0 amide bonds. The van der Waals surface area contributed by atoms with Gasteiger partial charge in [-0.25, -0.2) is 0 Å². The van der Waals surface area contributed by atoms with E-state index < -0.39 is 0 Å². The lowest BCUT2D eigenvalue weighted by Gasteiger charge is -2.05. The van der Waals surface area contributed by atoms with E-state index in [9.17, 15) is 0 Å². The Bertz CT molecular complexity index is 2010. The first kappa shape index (κ1) is 22.0. The normalized spacial score (nSPS) is 11.9. The standard InChI is InChI=1S/C36H24S2/c1-21-3-7-23(8-4-21)25-11-13-29-33(19-25)37-31-17-15-28-27(35(29)31)16-18-32-36(28)30-14-12-26(20-34(30)38-32)24-9-5-22(2)6-10-24/h3-20H,1-2H3. The minimum absolute atomic E-state index is 1.27. The maximum Gasteiger partial charge on any atom is 0.0361 e. The SMILES string of the molecule is Cc1ccc(-c2ccc3c(c2)sc2ccc4c(ccc5sc6cc(-c7ccc(C)cc7)ccc6c54)c23)cc1. The molecule has 0 bridgehead atoms. The minimum Gasteiger partial charge on any atom is -0.135 e. The predicted octanol–water partition coefficient (Wildman–Crippen LogP) is 11.5. The molecular formula is C36H24S2. The predicted molar refractivity (Wildman–Crippen MR) is 170 cm³/mol. The van der Waals surface area contributed by atoms with Crippen molar-refractivity contribution < 1.29 is 0 Å². The van der Waals surface area contributed by atoms with Crippen LogP contribution >= 0.6 is 22.7 Å². The quantitative estimate of drug-likeness (QED) is 0.213. The topological polar surface area (TPSA) is 0 Å². The molecule has 0 aliphatic rings. The number of aryl methyl sites for hydroxylation is 2. The Morgan fingerprint density at radius 2 is 0.711 bits per heavy atom. The van der Waals surface area contributed by atoms with E-state index in [2.05, 4.69) is 123 Å². The maximum absolute atomic E-state index is 2.36. The van der Waals surface area contributed by atoms with Gasteiger partial charge in [0, 0.05) is 40.3 Å². The van der Waals surface area contributed by atoms with E-state index in [4.69, 9.17) is 0 Å². The molecule has 0 atom stereocenters. The third kappa shape index (κ3) is 3.34. The molecule has 2 heteroatoms. The third-order valence-corrected chi connectivity index (χ3v) is 10.1. The average Bonchev–Trinajstić information content (AvgIpc) is 3.51. The Morgan fingerprint density at radius 1 is 0.342 bits per heavy atom. The van der Waals surface area contributed by atoms with Crippen LogP contribution in [0.15, 0.2) is 109 Å². The Hall–Kier alpha value is -3.98. The molecule has 8 aromatic rings. The molecule has 0 nitrogen and oxygen atoms in total. The minimum atomic E-state index is 1.27. The Balaban J connectivity index is 1.33. The van der Waals surface area contributed by atoms with Gasteiger partial charge in [0.25, 0.3) is 0 Å². The van der Waals surface area contributed by atoms with E-state index in [0.29, 0.717) is 0 Å². The first-order chi connectivity index (χ1) is 18.6. The molecular weight excluding hydrogens is 497 g/mol. The molecule has 180 valence electrons. The second-order valence-corrected chi connectivity index (χ2v) is 12.5. The van der Waals surface area contributed by atoms with E-state index >= 15 is 0 Å². The van der Waals surface area contributed by atoms with Gasteiger partial charge in [-0.3, -0.25) is 0 Å². The summed E-state index contributed by atoms with van der Waals surface area (Å²) < 4.78 is 5.41. The molecule has 0 aliphatic carbocycles. The van der Waals surface area contributed by atoms with Gasteiger partial charge in [0.05, 0.1) is 0 Å². The fourth-order valence-corrected chi connectivity index (χ4v) is 8.13. The van der Waals surface area contributed by atoms with E-state index in [1.54, 1.807) is 0 Å². The second-order valence-electron chi connectivity index (χ2n) is 10.3. The molecule has 0 fully saturated rings. The maximum atomic E-state index is 2.36. The van der Waals surface area contributed by atoms with Crippen molar-refractivity contribution in [1.29, 1.82) is 0 Å². The van der Waals surface area contributed by atoms with E-state index in [1.165, 1.54) is 84.5 Å². The molecule has 0 saturated heterocycles. The highest BCUT2D eigenvalue weighted by Crippen LogP contribution is 2.45. The van der Waals surface area contributed by atoms with Gasteiger partial charge in [-0.05, 0) is 71.1 Å². The van der Waals surface area contributed by atoms with Crippen LogP contribution < -0.4 is 0 Å². The molecule has 0 spiro atoms. The largest absolute Gasteiger partial charge is 0.135 e. The van der Waals surface area contributed by atoms with Crippen LogP contribution in [0, 0.1) is 13.8 Å². The molecule has 0 saturated carbocycles. The Morgan fingerprint density at radius 3 is 1.13 bits per heavy atom. The van der Waals surface area contributed by atoms with Crippen LogP contribution in [0.4, 0.5) is 0 Å². The highest BCUT2D eigenvalue weighted by atomic mass is 32.1. The van der Waals surface area contributed by atoms with Gasteiger partial charge in [0.15, 0.2) is 0 Å². The van der Waals surface area contributed by atoms with Crippen LogP contribution in [0.5, 0.6) is 0 Å². The van der Waals surface area contributed by atoms with Crippen LogP contribution in [0.1, 0.15) is 11.1 Å². The lowest BCUT2D eigenvalue weighted by Crippen LogP contribution is -1.80. The molecule has 0 N–H and O–H groups in total. The second kappa shape index (κ2) is 8.26. The van der Waals surface area contributed by atoms with Crippen molar-refractivity contribution in [3.63, 3.8) is 0 Å². The van der Waals surface area contributed by atoms with Crippen molar-refractivity contribution in [3.05, 3.63) is 120 Å². The van der Waals surface area contributed by atoms with Crippen molar-refractivity contribution in [2.75, 3.05) is 0 Å². The van der Waals surface area contributed by atoms with E-state index in [0.717, 1.165) is 0 Å². The molecule has 2 heterocycles. The van der Waals surface area contributed by atoms with Gasteiger partial charge < -0.3 is 0 Å².